The number of piperazine rings is 1. The van der Waals surface area contributed by atoms with Crippen LogP contribution in [-0.2, 0) is 10.2 Å². The highest BCUT2D eigenvalue weighted by Gasteiger charge is 2.19. The fraction of sp³-hybridized carbons (Fsp3) is 0.480. The molecule has 1 aliphatic rings. The number of nitrogens with one attached hydrogen (secondary N) is 1. The highest BCUT2D eigenvalue weighted by atomic mass is 16.5. The van der Waals surface area contributed by atoms with Gasteiger partial charge < -0.3 is 19.7 Å². The molecule has 0 aliphatic carbocycles. The van der Waals surface area contributed by atoms with Crippen molar-refractivity contribution in [1.29, 1.82) is 0 Å². The molecule has 2 aromatic rings. The standard InChI is InChI=1S/C25H35N3O3/c1-25(2,3)20-9-11-21(12-10-20)31-19-24(29)26-13-14-27-15-17-28(18-16-27)22-7-5-6-8-23(22)30-4/h5-12H,13-19H2,1-4H3,(H,26,29). The minimum atomic E-state index is -0.0902. The lowest BCUT2D eigenvalue weighted by atomic mass is 9.87. The number of rotatable bonds is 8. The molecular weight excluding hydrogens is 390 g/mol. The molecule has 6 nitrogen and oxygen atoms in total. The Morgan fingerprint density at radius 1 is 1.00 bits per heavy atom. The van der Waals surface area contributed by atoms with Crippen LogP contribution in [0.5, 0.6) is 11.5 Å². The zero-order chi connectivity index (χ0) is 22.3. The maximum Gasteiger partial charge on any atom is 0.257 e. The molecule has 2 aromatic carbocycles. The molecule has 0 unspecified atom stereocenters. The van der Waals surface area contributed by atoms with E-state index in [0.29, 0.717) is 6.54 Å². The molecule has 6 heteroatoms. The SMILES string of the molecule is COc1ccccc1N1CCN(CCNC(=O)COc2ccc(C(C)(C)C)cc2)CC1. The van der Waals surface area contributed by atoms with Crippen LogP contribution in [0.4, 0.5) is 5.69 Å². The summed E-state index contributed by atoms with van der Waals surface area (Å²) in [6.07, 6.45) is 0. The van der Waals surface area contributed by atoms with Gasteiger partial charge in [0.25, 0.3) is 5.91 Å². The predicted octanol–water partition coefficient (Wildman–Crippen LogP) is 3.31. The van der Waals surface area contributed by atoms with Gasteiger partial charge in [-0.05, 0) is 35.2 Å². The molecule has 0 atom stereocenters. The molecule has 0 spiro atoms. The van der Waals surface area contributed by atoms with E-state index in [1.165, 1.54) is 5.56 Å². The lowest BCUT2D eigenvalue weighted by molar-refractivity contribution is -0.123. The van der Waals surface area contributed by atoms with Crippen molar-refractivity contribution in [2.24, 2.45) is 0 Å². The van der Waals surface area contributed by atoms with Crippen LogP contribution in [0, 0.1) is 0 Å². The number of anilines is 1. The van der Waals surface area contributed by atoms with Crippen LogP contribution in [0.25, 0.3) is 0 Å². The molecule has 1 saturated heterocycles. The van der Waals surface area contributed by atoms with Gasteiger partial charge in [0.05, 0.1) is 12.8 Å². The van der Waals surface area contributed by atoms with Crippen molar-refractivity contribution in [2.75, 3.05) is 57.9 Å². The zero-order valence-corrected chi connectivity index (χ0v) is 19.2. The second-order valence-electron chi connectivity index (χ2n) is 8.91. The Morgan fingerprint density at radius 3 is 2.32 bits per heavy atom. The van der Waals surface area contributed by atoms with Crippen LogP contribution >= 0.6 is 0 Å². The van der Waals surface area contributed by atoms with Gasteiger partial charge in [0.15, 0.2) is 6.61 Å². The van der Waals surface area contributed by atoms with E-state index in [9.17, 15) is 4.79 Å². The van der Waals surface area contributed by atoms with E-state index in [-0.39, 0.29) is 17.9 Å². The number of hydrogen-bond donors (Lipinski definition) is 1. The summed E-state index contributed by atoms with van der Waals surface area (Å²) < 4.78 is 11.1. The lowest BCUT2D eigenvalue weighted by Gasteiger charge is -2.36. The van der Waals surface area contributed by atoms with Gasteiger partial charge in [-0.2, -0.15) is 0 Å². The number of methoxy groups -OCH3 is 1. The third-order valence-corrected chi connectivity index (χ3v) is 5.64. The van der Waals surface area contributed by atoms with Crippen molar-refractivity contribution in [3.63, 3.8) is 0 Å². The lowest BCUT2D eigenvalue weighted by Crippen LogP contribution is -2.48. The number of hydrogen-bond acceptors (Lipinski definition) is 5. The molecule has 0 bridgehead atoms. The average molecular weight is 426 g/mol. The van der Waals surface area contributed by atoms with Crippen molar-refractivity contribution in [3.8, 4) is 11.5 Å². The summed E-state index contributed by atoms with van der Waals surface area (Å²) in [5.74, 6) is 1.54. The van der Waals surface area contributed by atoms with E-state index in [1.807, 2.05) is 30.3 Å². The van der Waals surface area contributed by atoms with Crippen molar-refractivity contribution in [2.45, 2.75) is 26.2 Å². The first-order valence-electron chi connectivity index (χ1n) is 11.0. The summed E-state index contributed by atoms with van der Waals surface area (Å²) in [5.41, 5.74) is 2.50. The number of carbonyl (C=O) groups excluding carboxylic acids is 1. The first kappa shape index (κ1) is 22.9. The van der Waals surface area contributed by atoms with Gasteiger partial charge in [-0.3, -0.25) is 9.69 Å². The molecule has 1 heterocycles. The zero-order valence-electron chi connectivity index (χ0n) is 19.2. The minimum Gasteiger partial charge on any atom is -0.495 e. The number of ether oxygens (including phenoxy) is 2. The van der Waals surface area contributed by atoms with Crippen molar-refractivity contribution < 1.29 is 14.3 Å². The predicted molar refractivity (Wildman–Crippen MR) is 125 cm³/mol. The molecule has 0 radical (unpaired) electrons. The maximum absolute atomic E-state index is 12.1. The van der Waals surface area contributed by atoms with Crippen LogP contribution in [0.15, 0.2) is 48.5 Å². The van der Waals surface area contributed by atoms with Gasteiger partial charge in [-0.25, -0.2) is 0 Å². The van der Waals surface area contributed by atoms with Crippen LogP contribution < -0.4 is 19.7 Å². The van der Waals surface area contributed by atoms with Gasteiger partial charge in [-0.15, -0.1) is 0 Å². The van der Waals surface area contributed by atoms with Crippen LogP contribution in [0.1, 0.15) is 26.3 Å². The summed E-state index contributed by atoms with van der Waals surface area (Å²) >= 11 is 0. The van der Waals surface area contributed by atoms with E-state index < -0.39 is 0 Å². The summed E-state index contributed by atoms with van der Waals surface area (Å²) in [7, 11) is 1.71. The van der Waals surface area contributed by atoms with Crippen molar-refractivity contribution in [3.05, 3.63) is 54.1 Å². The van der Waals surface area contributed by atoms with Gasteiger partial charge in [0, 0.05) is 39.3 Å². The molecule has 1 N–H and O–H groups in total. The fourth-order valence-electron chi connectivity index (χ4n) is 3.71. The van der Waals surface area contributed by atoms with Crippen molar-refractivity contribution >= 4 is 11.6 Å². The number of carbonyl (C=O) groups is 1. The Labute approximate surface area is 186 Å². The average Bonchev–Trinajstić information content (AvgIpc) is 2.78. The molecule has 31 heavy (non-hydrogen) atoms. The van der Waals surface area contributed by atoms with Gasteiger partial charge in [-0.1, -0.05) is 45.0 Å². The van der Waals surface area contributed by atoms with Gasteiger partial charge in [0.1, 0.15) is 11.5 Å². The first-order valence-corrected chi connectivity index (χ1v) is 11.0. The molecule has 1 aliphatic heterocycles. The smallest absolute Gasteiger partial charge is 0.257 e. The third kappa shape index (κ3) is 6.62. The Hall–Kier alpha value is -2.73. The summed E-state index contributed by atoms with van der Waals surface area (Å²) in [6, 6.07) is 16.1. The minimum absolute atomic E-state index is 0.0381. The maximum atomic E-state index is 12.1. The molecular formula is C25H35N3O3. The second-order valence-corrected chi connectivity index (χ2v) is 8.91. The van der Waals surface area contributed by atoms with E-state index >= 15 is 0 Å². The van der Waals surface area contributed by atoms with Crippen molar-refractivity contribution in [1.82, 2.24) is 10.2 Å². The Bertz CT molecular complexity index is 838. The quantitative estimate of drug-likeness (QED) is 0.703. The van der Waals surface area contributed by atoms with Gasteiger partial charge >= 0.3 is 0 Å². The first-order chi connectivity index (χ1) is 14.9. The van der Waals surface area contributed by atoms with E-state index in [2.05, 4.69) is 54.1 Å². The molecule has 168 valence electrons. The van der Waals surface area contributed by atoms with E-state index in [1.54, 1.807) is 7.11 Å². The largest absolute Gasteiger partial charge is 0.495 e. The summed E-state index contributed by atoms with van der Waals surface area (Å²) in [4.78, 5) is 16.8. The van der Waals surface area contributed by atoms with E-state index in [4.69, 9.17) is 9.47 Å². The summed E-state index contributed by atoms with van der Waals surface area (Å²) in [6.45, 7) is 11.8. The molecule has 0 aromatic heterocycles. The Balaban J connectivity index is 1.34. The van der Waals surface area contributed by atoms with E-state index in [0.717, 1.165) is 49.9 Å². The highest BCUT2D eigenvalue weighted by molar-refractivity contribution is 5.77. The number of para-hydroxylation sites is 2. The molecule has 0 saturated carbocycles. The number of nitrogens with zero attached hydrogens (tertiary/aromatic N) is 2. The van der Waals surface area contributed by atoms with Crippen LogP contribution in [-0.4, -0.2) is 63.8 Å². The topological polar surface area (TPSA) is 54.0 Å². The Morgan fingerprint density at radius 2 is 1.68 bits per heavy atom. The summed E-state index contributed by atoms with van der Waals surface area (Å²) in [5, 5.41) is 2.96. The monoisotopic (exact) mass is 425 g/mol. The van der Waals surface area contributed by atoms with Crippen LogP contribution in [0.2, 0.25) is 0 Å². The highest BCUT2D eigenvalue weighted by Crippen LogP contribution is 2.28. The second kappa shape index (κ2) is 10.5. The number of amides is 1. The molecule has 1 fully saturated rings. The fourth-order valence-corrected chi connectivity index (χ4v) is 3.71. The van der Waals surface area contributed by atoms with Crippen LogP contribution in [0.3, 0.4) is 0 Å². The normalized spacial score (nSPS) is 14.9. The van der Waals surface area contributed by atoms with Gasteiger partial charge in [0.2, 0.25) is 0 Å². The molecule has 1 amide bonds. The Kier molecular flexibility index (Phi) is 7.80. The number of benzene rings is 2. The third-order valence-electron chi connectivity index (χ3n) is 5.64. The molecule has 3 rings (SSSR count).